The lowest BCUT2D eigenvalue weighted by molar-refractivity contribution is 0.219. The summed E-state index contributed by atoms with van der Waals surface area (Å²) in [4.78, 5) is 0.0384. The van der Waals surface area contributed by atoms with E-state index in [-0.39, 0.29) is 9.40 Å². The number of hydrogen-bond donors (Lipinski definition) is 0. The minimum atomic E-state index is -3.00. The van der Waals surface area contributed by atoms with Crippen molar-refractivity contribution >= 4 is 39.5 Å². The third-order valence-electron chi connectivity index (χ3n) is 1.30. The zero-order valence-electron chi connectivity index (χ0n) is 8.00. The van der Waals surface area contributed by atoms with E-state index in [1.807, 2.05) is 6.92 Å². The first-order valence-corrected chi connectivity index (χ1v) is 7.59. The molecule has 0 rings (SSSR count). The van der Waals surface area contributed by atoms with E-state index >= 15 is 0 Å². The number of hydrogen-bond acceptors (Lipinski definition) is 3. The molecule has 0 radical (unpaired) electrons. The molecule has 2 unspecified atom stereocenters. The average molecular weight is 338 g/mol. The molecular weight excluding hydrogens is 323 g/mol. The molecule has 0 aromatic rings. The predicted molar refractivity (Wildman–Crippen MR) is 62.0 cm³/mol. The molecule has 3 nitrogen and oxygen atoms in total. The maximum absolute atomic E-state index is 12.0. The van der Waals surface area contributed by atoms with Gasteiger partial charge in [-0.2, -0.15) is 0 Å². The molecule has 2 atom stereocenters. The zero-order chi connectivity index (χ0) is 10.5. The van der Waals surface area contributed by atoms with Crippen LogP contribution in [-0.4, -0.2) is 22.6 Å². The highest BCUT2D eigenvalue weighted by molar-refractivity contribution is 9.13. The van der Waals surface area contributed by atoms with Crippen LogP contribution in [-0.2, 0) is 13.6 Å². The molecule has 0 saturated heterocycles. The maximum Gasteiger partial charge on any atom is 0.345 e. The van der Waals surface area contributed by atoms with Crippen molar-refractivity contribution in [2.75, 3.05) is 13.2 Å². The third kappa shape index (κ3) is 4.43. The largest absolute Gasteiger partial charge is 0.345 e. The molecule has 0 aromatic carbocycles. The van der Waals surface area contributed by atoms with Crippen molar-refractivity contribution in [3.8, 4) is 0 Å². The van der Waals surface area contributed by atoms with Gasteiger partial charge < -0.3 is 9.05 Å². The topological polar surface area (TPSA) is 35.5 Å². The Balaban J connectivity index is 4.47. The Morgan fingerprint density at radius 3 is 1.85 bits per heavy atom. The van der Waals surface area contributed by atoms with Crippen LogP contribution < -0.4 is 0 Å². The van der Waals surface area contributed by atoms with Crippen molar-refractivity contribution in [3.63, 3.8) is 0 Å². The van der Waals surface area contributed by atoms with Crippen LogP contribution in [0.4, 0.5) is 0 Å². The molecular formula is C7H15Br2O3P. The van der Waals surface area contributed by atoms with Crippen LogP contribution in [0.2, 0.25) is 0 Å². The van der Waals surface area contributed by atoms with Crippen LogP contribution in [0.1, 0.15) is 20.8 Å². The summed E-state index contributed by atoms with van der Waals surface area (Å²) in [5, 5.41) is 0. The average Bonchev–Trinajstić information content (AvgIpc) is 2.03. The Bertz CT molecular complexity index is 177. The minimum absolute atomic E-state index is 0.0384. The standard InChI is InChI=1S/C7H15Br2O3P/c1-4-11-13(10,12-5-2)7(9)6(3)8/h6-7H,4-5H2,1-3H3. The van der Waals surface area contributed by atoms with Crippen LogP contribution in [0.15, 0.2) is 0 Å². The van der Waals surface area contributed by atoms with Gasteiger partial charge in [-0.25, -0.2) is 0 Å². The van der Waals surface area contributed by atoms with Crippen molar-refractivity contribution < 1.29 is 13.6 Å². The second kappa shape index (κ2) is 6.57. The summed E-state index contributed by atoms with van der Waals surface area (Å²) < 4.78 is 22.0. The van der Waals surface area contributed by atoms with Gasteiger partial charge >= 0.3 is 7.60 Å². The van der Waals surface area contributed by atoms with Gasteiger partial charge in [0.05, 0.1) is 13.2 Å². The predicted octanol–water partition coefficient (Wildman–Crippen LogP) is 3.76. The van der Waals surface area contributed by atoms with Gasteiger partial charge in [-0.05, 0) is 13.8 Å². The van der Waals surface area contributed by atoms with Crippen LogP contribution >= 0.6 is 39.5 Å². The quantitative estimate of drug-likeness (QED) is 0.547. The molecule has 0 aliphatic heterocycles. The van der Waals surface area contributed by atoms with E-state index in [1.165, 1.54) is 0 Å². The van der Waals surface area contributed by atoms with Crippen LogP contribution in [0.5, 0.6) is 0 Å². The first kappa shape index (κ1) is 14.1. The SMILES string of the molecule is CCOP(=O)(OCC)C(Br)C(C)Br. The Morgan fingerprint density at radius 2 is 1.62 bits per heavy atom. The van der Waals surface area contributed by atoms with Gasteiger partial charge in [0.1, 0.15) is 4.57 Å². The van der Waals surface area contributed by atoms with Crippen LogP contribution in [0.25, 0.3) is 0 Å². The van der Waals surface area contributed by atoms with E-state index in [9.17, 15) is 4.57 Å². The molecule has 0 bridgehead atoms. The van der Waals surface area contributed by atoms with Gasteiger partial charge in [-0.3, -0.25) is 4.57 Å². The van der Waals surface area contributed by atoms with Gasteiger partial charge in [0.15, 0.2) is 0 Å². The molecule has 0 fully saturated rings. The van der Waals surface area contributed by atoms with Crippen molar-refractivity contribution in [2.24, 2.45) is 0 Å². The fraction of sp³-hybridized carbons (Fsp3) is 1.00. The molecule has 0 N–H and O–H groups in total. The lowest BCUT2D eigenvalue weighted by atomic mass is 10.6. The van der Waals surface area contributed by atoms with Crippen molar-refractivity contribution in [1.29, 1.82) is 0 Å². The first-order valence-electron chi connectivity index (χ1n) is 4.14. The van der Waals surface area contributed by atoms with Crippen molar-refractivity contribution in [1.82, 2.24) is 0 Å². The summed E-state index contributed by atoms with van der Waals surface area (Å²) in [5.74, 6) is 0. The molecule has 13 heavy (non-hydrogen) atoms. The van der Waals surface area contributed by atoms with Gasteiger partial charge in [-0.15, -0.1) is 0 Å². The molecule has 6 heteroatoms. The smallest absolute Gasteiger partial charge is 0.308 e. The summed E-state index contributed by atoms with van der Waals surface area (Å²) in [7, 11) is -3.00. The van der Waals surface area contributed by atoms with Crippen molar-refractivity contribution in [3.05, 3.63) is 0 Å². The van der Waals surface area contributed by atoms with Gasteiger partial charge in [0.2, 0.25) is 0 Å². The van der Waals surface area contributed by atoms with E-state index in [0.717, 1.165) is 0 Å². The van der Waals surface area contributed by atoms with Gasteiger partial charge in [-0.1, -0.05) is 38.8 Å². The van der Waals surface area contributed by atoms with E-state index in [4.69, 9.17) is 9.05 Å². The van der Waals surface area contributed by atoms with E-state index in [1.54, 1.807) is 13.8 Å². The first-order chi connectivity index (χ1) is 5.98. The Kier molecular flexibility index (Phi) is 7.13. The lowest BCUT2D eigenvalue weighted by Crippen LogP contribution is -2.14. The zero-order valence-corrected chi connectivity index (χ0v) is 12.1. The maximum atomic E-state index is 12.0. The van der Waals surface area contributed by atoms with E-state index in [2.05, 4.69) is 31.9 Å². The van der Waals surface area contributed by atoms with Gasteiger partial charge in [0.25, 0.3) is 0 Å². The van der Waals surface area contributed by atoms with E-state index in [0.29, 0.717) is 13.2 Å². The summed E-state index contributed by atoms with van der Waals surface area (Å²) in [6.07, 6.45) is 0. The molecule has 0 spiro atoms. The highest BCUT2D eigenvalue weighted by atomic mass is 79.9. The third-order valence-corrected chi connectivity index (χ3v) is 7.53. The molecule has 0 aliphatic rings. The fourth-order valence-corrected chi connectivity index (χ4v) is 3.95. The number of alkyl halides is 2. The number of halogens is 2. The lowest BCUT2D eigenvalue weighted by Gasteiger charge is -2.23. The Morgan fingerprint density at radius 1 is 1.23 bits per heavy atom. The molecule has 0 heterocycles. The Hall–Kier alpha value is 1.11. The molecule has 0 amide bonds. The van der Waals surface area contributed by atoms with Crippen LogP contribution in [0.3, 0.4) is 0 Å². The highest BCUT2D eigenvalue weighted by Gasteiger charge is 2.36. The van der Waals surface area contributed by atoms with E-state index < -0.39 is 7.60 Å². The Labute approximate surface area is 96.4 Å². The molecule has 0 aromatic heterocycles. The summed E-state index contributed by atoms with van der Waals surface area (Å²) >= 11 is 6.64. The summed E-state index contributed by atoms with van der Waals surface area (Å²) in [5.41, 5.74) is 0. The number of rotatable bonds is 6. The fourth-order valence-electron chi connectivity index (χ4n) is 0.791. The summed E-state index contributed by atoms with van der Waals surface area (Å²) in [6.45, 7) is 6.26. The molecule has 0 saturated carbocycles. The second-order valence-corrected chi connectivity index (χ2v) is 7.72. The molecule has 80 valence electrons. The summed E-state index contributed by atoms with van der Waals surface area (Å²) in [6, 6.07) is 0. The second-order valence-electron chi connectivity index (χ2n) is 2.43. The minimum Gasteiger partial charge on any atom is -0.308 e. The highest BCUT2D eigenvalue weighted by Crippen LogP contribution is 2.57. The van der Waals surface area contributed by atoms with Crippen molar-refractivity contribution in [2.45, 2.75) is 30.2 Å². The normalized spacial score (nSPS) is 17.0. The van der Waals surface area contributed by atoms with Crippen LogP contribution in [0, 0.1) is 0 Å². The van der Waals surface area contributed by atoms with Gasteiger partial charge in [0, 0.05) is 4.83 Å². The monoisotopic (exact) mass is 336 g/mol. The molecule has 0 aliphatic carbocycles.